The molecule has 0 amide bonds. The van der Waals surface area contributed by atoms with Crippen LogP contribution >= 0.6 is 0 Å². The number of nitrogens with one attached hydrogen (secondary N) is 1. The quantitative estimate of drug-likeness (QED) is 0.829. The van der Waals surface area contributed by atoms with E-state index < -0.39 is 0 Å². The first-order valence-electron chi connectivity index (χ1n) is 10.5. The molecule has 1 aliphatic carbocycles. The Morgan fingerprint density at radius 2 is 2.03 bits per heavy atom. The fraction of sp³-hybridized carbons (Fsp3) is 0.391. The summed E-state index contributed by atoms with van der Waals surface area (Å²) in [5, 5.41) is 5.85. The highest BCUT2D eigenvalue weighted by Gasteiger charge is 2.19. The van der Waals surface area contributed by atoms with Crippen LogP contribution in [0.1, 0.15) is 30.4 Å². The number of rotatable bonds is 4. The van der Waals surface area contributed by atoms with Gasteiger partial charge >= 0.3 is 0 Å². The lowest BCUT2D eigenvalue weighted by Gasteiger charge is -2.24. The molecule has 0 spiro atoms. The molecule has 150 valence electrons. The van der Waals surface area contributed by atoms with Crippen LogP contribution in [-0.2, 0) is 17.7 Å². The van der Waals surface area contributed by atoms with E-state index >= 15 is 0 Å². The smallest absolute Gasteiger partial charge is 0.282 e. The molecule has 0 saturated heterocycles. The standard InChI is InChI=1S/C23H27N5O/c24-23-26-14-18(29-23)13-25-21-12-22(27-20-10-4-3-9-19(20)21)28-11-5-8-16-6-1-2-7-17(16)15-28/h1-2,6-7,9-10,12,18,25H,3-5,8,11,13-15H2,(H2,24,26). The number of nitrogens with zero attached hydrogens (tertiary/aromatic N) is 3. The first-order chi connectivity index (χ1) is 14.3. The number of benzene rings is 1. The van der Waals surface area contributed by atoms with Gasteiger partial charge in [0, 0.05) is 30.1 Å². The Morgan fingerprint density at radius 3 is 2.90 bits per heavy atom. The largest absolute Gasteiger partial charge is 0.458 e. The number of hydrogen-bond donors (Lipinski definition) is 2. The molecule has 0 bridgehead atoms. The molecule has 0 fully saturated rings. The van der Waals surface area contributed by atoms with Gasteiger partial charge in [-0.3, -0.25) is 0 Å². The number of pyridine rings is 1. The Bertz CT molecular complexity index is 1060. The van der Waals surface area contributed by atoms with E-state index in [2.05, 4.69) is 57.7 Å². The van der Waals surface area contributed by atoms with Gasteiger partial charge in [-0.1, -0.05) is 36.4 Å². The topological polar surface area (TPSA) is 75.8 Å². The second-order valence-corrected chi connectivity index (χ2v) is 7.91. The van der Waals surface area contributed by atoms with Gasteiger partial charge in [0.05, 0.1) is 18.4 Å². The van der Waals surface area contributed by atoms with Crippen molar-refractivity contribution in [3.05, 3.63) is 52.0 Å². The maximum atomic E-state index is 5.65. The average Bonchev–Trinajstić information content (AvgIpc) is 3.04. The number of fused-ring (bicyclic) bond motifs is 2. The van der Waals surface area contributed by atoms with Gasteiger partial charge in [0.25, 0.3) is 6.02 Å². The molecule has 1 aromatic heterocycles. The monoisotopic (exact) mass is 389 g/mol. The van der Waals surface area contributed by atoms with Gasteiger partial charge < -0.3 is 20.7 Å². The van der Waals surface area contributed by atoms with Crippen molar-refractivity contribution in [2.45, 2.75) is 38.3 Å². The van der Waals surface area contributed by atoms with Crippen LogP contribution in [0.2, 0.25) is 0 Å². The molecule has 3 aliphatic rings. The summed E-state index contributed by atoms with van der Waals surface area (Å²) in [6.07, 6.45) is 8.89. The minimum Gasteiger partial charge on any atom is -0.458 e. The molecule has 2 aromatic rings. The normalized spacial score (nSPS) is 20.3. The van der Waals surface area contributed by atoms with E-state index in [0.717, 1.165) is 55.6 Å². The fourth-order valence-corrected chi connectivity index (χ4v) is 4.35. The van der Waals surface area contributed by atoms with Crippen molar-refractivity contribution in [2.24, 2.45) is 10.7 Å². The van der Waals surface area contributed by atoms with Gasteiger partial charge in [-0.05, 0) is 36.8 Å². The maximum Gasteiger partial charge on any atom is 0.282 e. The molecular formula is C23H27N5O. The summed E-state index contributed by atoms with van der Waals surface area (Å²) in [6.45, 7) is 3.20. The Kier molecular flexibility index (Phi) is 4.84. The second kappa shape index (κ2) is 7.78. The van der Waals surface area contributed by atoms with Crippen molar-refractivity contribution < 1.29 is 4.74 Å². The number of anilines is 2. The zero-order valence-corrected chi connectivity index (χ0v) is 16.6. The molecule has 1 unspecified atom stereocenters. The summed E-state index contributed by atoms with van der Waals surface area (Å²) in [7, 11) is 0. The molecule has 3 heterocycles. The number of aliphatic imine (C=N–C) groups is 1. The van der Waals surface area contributed by atoms with Crippen LogP contribution in [0.15, 0.2) is 35.3 Å². The van der Waals surface area contributed by atoms with Crippen molar-refractivity contribution in [1.29, 1.82) is 0 Å². The van der Waals surface area contributed by atoms with Crippen molar-refractivity contribution >= 4 is 29.7 Å². The minimum atomic E-state index is -0.0140. The van der Waals surface area contributed by atoms with E-state index in [-0.39, 0.29) is 12.1 Å². The van der Waals surface area contributed by atoms with Crippen LogP contribution in [0.25, 0.3) is 12.2 Å². The molecule has 1 atom stereocenters. The fourth-order valence-electron chi connectivity index (χ4n) is 4.35. The van der Waals surface area contributed by atoms with Crippen molar-refractivity contribution in [3.63, 3.8) is 0 Å². The predicted molar refractivity (Wildman–Crippen MR) is 117 cm³/mol. The van der Waals surface area contributed by atoms with E-state index in [1.54, 1.807) is 0 Å². The molecule has 0 saturated carbocycles. The predicted octanol–water partition coefficient (Wildman–Crippen LogP) is 1.51. The number of hydrogen-bond acceptors (Lipinski definition) is 6. The Hall–Kier alpha value is -3.02. The summed E-state index contributed by atoms with van der Waals surface area (Å²) < 4.78 is 5.55. The van der Waals surface area contributed by atoms with Gasteiger partial charge in [0.2, 0.25) is 0 Å². The van der Waals surface area contributed by atoms with E-state index in [0.29, 0.717) is 13.1 Å². The van der Waals surface area contributed by atoms with Crippen molar-refractivity contribution in [2.75, 3.05) is 29.9 Å². The molecule has 29 heavy (non-hydrogen) atoms. The van der Waals surface area contributed by atoms with Crippen LogP contribution in [0.4, 0.5) is 11.5 Å². The summed E-state index contributed by atoms with van der Waals surface area (Å²) in [5.74, 6) is 1.04. The number of aryl methyl sites for hydroxylation is 1. The molecule has 1 aromatic carbocycles. The Balaban J connectivity index is 1.45. The second-order valence-electron chi connectivity index (χ2n) is 7.91. The lowest BCUT2D eigenvalue weighted by molar-refractivity contribution is 0.234. The van der Waals surface area contributed by atoms with Crippen molar-refractivity contribution in [3.8, 4) is 0 Å². The minimum absolute atomic E-state index is 0.0140. The maximum absolute atomic E-state index is 5.65. The van der Waals surface area contributed by atoms with Gasteiger partial charge in [0.15, 0.2) is 0 Å². The molecule has 2 aliphatic heterocycles. The van der Waals surface area contributed by atoms with E-state index in [4.69, 9.17) is 15.5 Å². The summed E-state index contributed by atoms with van der Waals surface area (Å²) in [4.78, 5) is 11.6. The van der Waals surface area contributed by atoms with Crippen molar-refractivity contribution in [1.82, 2.24) is 4.98 Å². The highest BCUT2D eigenvalue weighted by molar-refractivity contribution is 5.73. The average molecular weight is 390 g/mol. The Morgan fingerprint density at radius 1 is 1.17 bits per heavy atom. The van der Waals surface area contributed by atoms with E-state index in [9.17, 15) is 0 Å². The highest BCUT2D eigenvalue weighted by atomic mass is 16.5. The van der Waals surface area contributed by atoms with Gasteiger partial charge in [-0.25, -0.2) is 9.98 Å². The van der Waals surface area contributed by atoms with Gasteiger partial charge in [-0.15, -0.1) is 0 Å². The van der Waals surface area contributed by atoms with Crippen LogP contribution in [0, 0.1) is 0 Å². The molecule has 6 heteroatoms. The van der Waals surface area contributed by atoms with Gasteiger partial charge in [0.1, 0.15) is 11.9 Å². The van der Waals surface area contributed by atoms with E-state index in [1.807, 2.05) is 0 Å². The van der Waals surface area contributed by atoms with Crippen LogP contribution in [-0.4, -0.2) is 36.7 Å². The lowest BCUT2D eigenvalue weighted by Crippen LogP contribution is -2.37. The SMILES string of the molecule is NC1=NCC(CNc2cc(N3CCCc4ccccc4C3)nc3c2=CCCC=3)O1. The number of nitrogens with two attached hydrogens (primary N) is 1. The first-order valence-corrected chi connectivity index (χ1v) is 10.5. The molecular weight excluding hydrogens is 362 g/mol. The Labute approximate surface area is 170 Å². The van der Waals surface area contributed by atoms with Crippen LogP contribution in [0.3, 0.4) is 0 Å². The zero-order chi connectivity index (χ0) is 19.6. The number of aromatic nitrogens is 1. The van der Waals surface area contributed by atoms with E-state index in [1.165, 1.54) is 16.3 Å². The summed E-state index contributed by atoms with van der Waals surface area (Å²) in [6, 6.07) is 11.3. The molecule has 6 nitrogen and oxygen atoms in total. The third-order valence-electron chi connectivity index (χ3n) is 5.86. The number of amidine groups is 1. The summed E-state index contributed by atoms with van der Waals surface area (Å²) in [5.41, 5.74) is 9.64. The van der Waals surface area contributed by atoms with Crippen LogP contribution < -0.4 is 26.5 Å². The lowest BCUT2D eigenvalue weighted by atomic mass is 10.0. The highest BCUT2D eigenvalue weighted by Crippen LogP contribution is 2.23. The number of ether oxygens (including phenoxy) is 1. The third-order valence-corrected chi connectivity index (χ3v) is 5.86. The first kappa shape index (κ1) is 18.0. The third kappa shape index (κ3) is 3.79. The molecule has 5 rings (SSSR count). The summed E-state index contributed by atoms with van der Waals surface area (Å²) >= 11 is 0. The zero-order valence-electron chi connectivity index (χ0n) is 16.6. The molecule has 3 N–H and O–H groups in total. The van der Waals surface area contributed by atoms with Gasteiger partial charge in [-0.2, -0.15) is 0 Å². The van der Waals surface area contributed by atoms with Crippen LogP contribution in [0.5, 0.6) is 0 Å². The molecule has 0 radical (unpaired) electrons.